The van der Waals surface area contributed by atoms with E-state index in [1.54, 1.807) is 30.0 Å². The van der Waals surface area contributed by atoms with Crippen molar-refractivity contribution in [3.63, 3.8) is 0 Å². The van der Waals surface area contributed by atoms with E-state index in [0.29, 0.717) is 24.4 Å². The summed E-state index contributed by atoms with van der Waals surface area (Å²) in [5.74, 6) is 0.306. The first kappa shape index (κ1) is 17.2. The molecule has 0 unspecified atom stereocenters. The van der Waals surface area contributed by atoms with Crippen LogP contribution in [0.25, 0.3) is 0 Å². The molecule has 2 heterocycles. The lowest BCUT2D eigenvalue weighted by atomic mass is 10.2. The van der Waals surface area contributed by atoms with Crippen LogP contribution in [0.4, 0.5) is 5.69 Å². The molecule has 0 atom stereocenters. The van der Waals surface area contributed by atoms with E-state index in [9.17, 15) is 13.2 Å². The average Bonchev–Trinajstić information content (AvgIpc) is 3.27. The first-order valence-corrected chi connectivity index (χ1v) is 10.0. The maximum absolute atomic E-state index is 12.9. The first-order valence-electron chi connectivity index (χ1n) is 8.56. The third-order valence-electron chi connectivity index (χ3n) is 4.97. The lowest BCUT2D eigenvalue weighted by molar-refractivity contribution is -0.119. The number of benzene rings is 1. The standard InChI is InChI=1S/C17H20N4O4S/c1-11-15(19-25-18-11)10-20(2)26(23,24)14-5-6-16-13(9-14)7-8-21(16)17(22)12-3-4-12/h5-6,9,12H,3-4,7-8,10H2,1-2H3. The van der Waals surface area contributed by atoms with Gasteiger partial charge in [-0.2, -0.15) is 4.31 Å². The molecule has 4 rings (SSSR count). The highest BCUT2D eigenvalue weighted by Crippen LogP contribution is 2.37. The van der Waals surface area contributed by atoms with Crippen molar-refractivity contribution in [1.82, 2.24) is 14.6 Å². The number of fused-ring (bicyclic) bond motifs is 1. The maximum atomic E-state index is 12.9. The Hall–Kier alpha value is -2.26. The van der Waals surface area contributed by atoms with Gasteiger partial charge in [-0.25, -0.2) is 13.0 Å². The molecule has 138 valence electrons. The lowest BCUT2D eigenvalue weighted by Crippen LogP contribution is -2.30. The molecule has 1 aliphatic heterocycles. The van der Waals surface area contributed by atoms with Crippen LogP contribution in [0.2, 0.25) is 0 Å². The summed E-state index contributed by atoms with van der Waals surface area (Å²) in [7, 11) is -2.18. The summed E-state index contributed by atoms with van der Waals surface area (Å²) in [6.45, 7) is 2.42. The fourth-order valence-corrected chi connectivity index (χ4v) is 4.37. The second-order valence-corrected chi connectivity index (χ2v) is 8.91. The SMILES string of the molecule is Cc1nonc1CN(C)S(=O)(=O)c1ccc2c(c1)CCN2C(=O)C1CC1. The van der Waals surface area contributed by atoms with Crippen LogP contribution in [0.3, 0.4) is 0 Å². The molecule has 1 saturated carbocycles. The molecule has 0 N–H and O–H groups in total. The van der Waals surface area contributed by atoms with E-state index in [1.165, 1.54) is 11.4 Å². The zero-order valence-corrected chi connectivity index (χ0v) is 15.5. The summed E-state index contributed by atoms with van der Waals surface area (Å²) in [5.41, 5.74) is 2.78. The van der Waals surface area contributed by atoms with Crippen molar-refractivity contribution in [3.05, 3.63) is 35.2 Å². The monoisotopic (exact) mass is 376 g/mol. The molecular weight excluding hydrogens is 356 g/mol. The third kappa shape index (κ3) is 2.90. The van der Waals surface area contributed by atoms with Gasteiger partial charge >= 0.3 is 0 Å². The van der Waals surface area contributed by atoms with E-state index in [2.05, 4.69) is 14.9 Å². The van der Waals surface area contributed by atoms with Crippen LogP contribution in [0.1, 0.15) is 29.8 Å². The van der Waals surface area contributed by atoms with Crippen LogP contribution in [0.5, 0.6) is 0 Å². The second-order valence-electron chi connectivity index (χ2n) is 6.86. The van der Waals surface area contributed by atoms with E-state index in [4.69, 9.17) is 0 Å². The number of aromatic nitrogens is 2. The fourth-order valence-electron chi connectivity index (χ4n) is 3.19. The Balaban J connectivity index is 1.58. The highest BCUT2D eigenvalue weighted by molar-refractivity contribution is 7.89. The molecule has 0 spiro atoms. The van der Waals surface area contributed by atoms with E-state index in [-0.39, 0.29) is 23.3 Å². The Morgan fingerprint density at radius 1 is 1.35 bits per heavy atom. The number of amides is 1. The topological polar surface area (TPSA) is 96.6 Å². The zero-order chi connectivity index (χ0) is 18.5. The predicted molar refractivity (Wildman–Crippen MR) is 92.9 cm³/mol. The van der Waals surface area contributed by atoms with Crippen LogP contribution in [-0.4, -0.2) is 42.5 Å². The molecule has 1 aromatic carbocycles. The van der Waals surface area contributed by atoms with Crippen LogP contribution in [0.15, 0.2) is 27.7 Å². The Bertz CT molecular complexity index is 965. The largest absolute Gasteiger partial charge is 0.312 e. The van der Waals surface area contributed by atoms with Gasteiger partial charge in [0.05, 0.1) is 11.4 Å². The average molecular weight is 376 g/mol. The van der Waals surface area contributed by atoms with Gasteiger partial charge in [0.25, 0.3) is 0 Å². The van der Waals surface area contributed by atoms with Crippen molar-refractivity contribution < 1.29 is 17.8 Å². The molecule has 8 nitrogen and oxygen atoms in total. The summed E-state index contributed by atoms with van der Waals surface area (Å²) >= 11 is 0. The van der Waals surface area contributed by atoms with Gasteiger partial charge < -0.3 is 4.90 Å². The summed E-state index contributed by atoms with van der Waals surface area (Å²) in [4.78, 5) is 14.4. The van der Waals surface area contributed by atoms with Crippen LogP contribution >= 0.6 is 0 Å². The minimum atomic E-state index is -3.67. The molecule has 1 aliphatic carbocycles. The van der Waals surface area contributed by atoms with Gasteiger partial charge in [-0.1, -0.05) is 10.3 Å². The first-order chi connectivity index (χ1) is 12.4. The van der Waals surface area contributed by atoms with E-state index in [1.807, 2.05) is 0 Å². The number of hydrogen-bond acceptors (Lipinski definition) is 6. The predicted octanol–water partition coefficient (Wildman–Crippen LogP) is 1.50. The number of aryl methyl sites for hydroxylation is 1. The van der Waals surface area contributed by atoms with Gasteiger partial charge in [0.1, 0.15) is 11.4 Å². The third-order valence-corrected chi connectivity index (χ3v) is 6.77. The smallest absolute Gasteiger partial charge is 0.243 e. The van der Waals surface area contributed by atoms with Crippen molar-refractivity contribution >= 4 is 21.6 Å². The number of nitrogens with zero attached hydrogens (tertiary/aromatic N) is 4. The van der Waals surface area contributed by atoms with E-state index < -0.39 is 10.0 Å². The Labute approximate surface area is 151 Å². The summed E-state index contributed by atoms with van der Waals surface area (Å²) in [5, 5.41) is 7.41. The Kier molecular flexibility index (Phi) is 4.07. The van der Waals surface area contributed by atoms with Gasteiger partial charge in [-0.3, -0.25) is 4.79 Å². The highest BCUT2D eigenvalue weighted by atomic mass is 32.2. The van der Waals surface area contributed by atoms with Gasteiger partial charge in [-0.15, -0.1) is 0 Å². The Morgan fingerprint density at radius 3 is 2.77 bits per heavy atom. The van der Waals surface area contributed by atoms with E-state index in [0.717, 1.165) is 24.1 Å². The van der Waals surface area contributed by atoms with E-state index >= 15 is 0 Å². The van der Waals surface area contributed by atoms with Crippen LogP contribution in [0, 0.1) is 12.8 Å². The number of carbonyl (C=O) groups is 1. The number of hydrogen-bond donors (Lipinski definition) is 0. The molecule has 0 radical (unpaired) electrons. The van der Waals surface area contributed by atoms with Gasteiger partial charge in [0, 0.05) is 25.2 Å². The molecule has 9 heteroatoms. The lowest BCUT2D eigenvalue weighted by Gasteiger charge is -2.19. The van der Waals surface area contributed by atoms with Crippen molar-refractivity contribution in [2.45, 2.75) is 37.6 Å². The zero-order valence-electron chi connectivity index (χ0n) is 14.7. The molecule has 2 aromatic rings. The number of rotatable bonds is 5. The maximum Gasteiger partial charge on any atom is 0.243 e. The van der Waals surface area contributed by atoms with Crippen molar-refractivity contribution in [1.29, 1.82) is 0 Å². The molecule has 0 bridgehead atoms. The van der Waals surface area contributed by atoms with Crippen molar-refractivity contribution in [3.8, 4) is 0 Å². The molecular formula is C17H20N4O4S. The quantitative estimate of drug-likeness (QED) is 0.784. The Morgan fingerprint density at radius 2 is 2.12 bits per heavy atom. The second kappa shape index (κ2) is 6.17. The summed E-state index contributed by atoms with van der Waals surface area (Å²) in [6, 6.07) is 4.98. The van der Waals surface area contributed by atoms with Gasteiger partial charge in [0.2, 0.25) is 15.9 Å². The molecule has 2 aliphatic rings. The van der Waals surface area contributed by atoms with Crippen molar-refractivity contribution in [2.75, 3.05) is 18.5 Å². The summed E-state index contributed by atoms with van der Waals surface area (Å²) in [6.07, 6.45) is 2.59. The van der Waals surface area contributed by atoms with Crippen molar-refractivity contribution in [2.24, 2.45) is 5.92 Å². The van der Waals surface area contributed by atoms with Crippen LogP contribution < -0.4 is 4.90 Å². The highest BCUT2D eigenvalue weighted by Gasteiger charge is 2.37. The molecule has 0 saturated heterocycles. The normalized spacial score (nSPS) is 17.0. The summed E-state index contributed by atoms with van der Waals surface area (Å²) < 4.78 is 31.6. The van der Waals surface area contributed by atoms with Gasteiger partial charge in [-0.05, 0) is 49.9 Å². The minimum Gasteiger partial charge on any atom is -0.312 e. The number of sulfonamides is 1. The number of carbonyl (C=O) groups excluding carboxylic acids is 1. The van der Waals surface area contributed by atoms with Gasteiger partial charge in [0.15, 0.2) is 0 Å². The number of anilines is 1. The fraction of sp³-hybridized carbons (Fsp3) is 0.471. The molecule has 26 heavy (non-hydrogen) atoms. The van der Waals surface area contributed by atoms with Crippen LogP contribution in [-0.2, 0) is 27.8 Å². The minimum absolute atomic E-state index is 0.0844. The molecule has 1 fully saturated rings. The molecule has 1 amide bonds. The molecule has 1 aromatic heterocycles.